The third kappa shape index (κ3) is 6.82. The maximum Gasteiger partial charge on any atom is 0.305 e. The molecule has 8 heteroatoms. The van der Waals surface area contributed by atoms with Gasteiger partial charge in [-0.2, -0.15) is 5.26 Å². The Kier molecular flexibility index (Phi) is 8.60. The molecule has 0 fully saturated rings. The lowest BCUT2D eigenvalue weighted by atomic mass is 9.97. The molecule has 0 saturated heterocycles. The van der Waals surface area contributed by atoms with Gasteiger partial charge in [0.05, 0.1) is 25.5 Å². The van der Waals surface area contributed by atoms with Gasteiger partial charge in [-0.15, -0.1) is 0 Å². The van der Waals surface area contributed by atoms with Crippen molar-refractivity contribution in [3.8, 4) is 17.6 Å². The molecule has 0 aliphatic carbocycles. The number of carboxylic acids is 1. The van der Waals surface area contributed by atoms with E-state index in [0.717, 1.165) is 5.56 Å². The van der Waals surface area contributed by atoms with Gasteiger partial charge in [-0.1, -0.05) is 48.5 Å². The average Bonchev–Trinajstić information content (AvgIpc) is 2.85. The second-order valence-corrected chi connectivity index (χ2v) is 7.22. The molecule has 34 heavy (non-hydrogen) atoms. The monoisotopic (exact) mass is 462 g/mol. The van der Waals surface area contributed by atoms with Crippen LogP contribution in [-0.2, 0) is 16.2 Å². The Morgan fingerprint density at radius 2 is 1.88 bits per heavy atom. The van der Waals surface area contributed by atoms with Gasteiger partial charge in [-0.05, 0) is 35.4 Å². The number of nitrogens with zero attached hydrogens (tertiary/aromatic N) is 1. The summed E-state index contributed by atoms with van der Waals surface area (Å²) in [5, 5.41) is 18.0. The van der Waals surface area contributed by atoms with Gasteiger partial charge in [-0.25, -0.2) is 4.39 Å². The van der Waals surface area contributed by atoms with Crippen molar-refractivity contribution >= 4 is 11.7 Å². The van der Waals surface area contributed by atoms with Crippen LogP contribution in [0.15, 0.2) is 79.1 Å². The number of hydrogen-bond donors (Lipinski definition) is 2. The van der Waals surface area contributed by atoms with Gasteiger partial charge in [0.15, 0.2) is 11.6 Å². The van der Waals surface area contributed by atoms with Crippen LogP contribution in [0.5, 0.6) is 11.5 Å². The first-order valence-corrected chi connectivity index (χ1v) is 10.3. The highest BCUT2D eigenvalue weighted by Gasteiger charge is 2.15. The highest BCUT2D eigenvalue weighted by Crippen LogP contribution is 2.24. The SMILES string of the molecule is CONC(=COc1ccc(COc2ccc(C(C#N)CC(=O)O)cc2)cc1F)c1ccccc1. The van der Waals surface area contributed by atoms with Gasteiger partial charge in [0.1, 0.15) is 24.3 Å². The van der Waals surface area contributed by atoms with E-state index < -0.39 is 17.7 Å². The second kappa shape index (κ2) is 12.0. The normalized spacial score (nSPS) is 11.9. The molecular weight excluding hydrogens is 439 g/mol. The van der Waals surface area contributed by atoms with E-state index in [9.17, 15) is 9.18 Å². The zero-order chi connectivity index (χ0) is 24.3. The molecule has 3 aromatic carbocycles. The van der Waals surface area contributed by atoms with Crippen LogP contribution in [-0.4, -0.2) is 18.2 Å². The third-order valence-corrected chi connectivity index (χ3v) is 4.82. The fourth-order valence-electron chi connectivity index (χ4n) is 3.11. The van der Waals surface area contributed by atoms with Crippen molar-refractivity contribution in [1.82, 2.24) is 5.48 Å². The number of hydrogen-bond acceptors (Lipinski definition) is 6. The fraction of sp³-hybridized carbons (Fsp3) is 0.154. The first-order valence-electron chi connectivity index (χ1n) is 10.3. The largest absolute Gasteiger partial charge is 0.489 e. The van der Waals surface area contributed by atoms with Gasteiger partial charge in [-0.3, -0.25) is 15.1 Å². The Morgan fingerprint density at radius 1 is 1.15 bits per heavy atom. The molecule has 0 aliphatic heterocycles. The molecule has 2 N–H and O–H groups in total. The maximum atomic E-state index is 14.6. The molecule has 3 rings (SSSR count). The second-order valence-electron chi connectivity index (χ2n) is 7.22. The van der Waals surface area contributed by atoms with Crippen molar-refractivity contribution in [3.63, 3.8) is 0 Å². The third-order valence-electron chi connectivity index (χ3n) is 4.82. The summed E-state index contributed by atoms with van der Waals surface area (Å²) < 4.78 is 25.7. The molecule has 1 atom stereocenters. The van der Waals surface area contributed by atoms with Crippen molar-refractivity contribution in [2.75, 3.05) is 7.11 Å². The summed E-state index contributed by atoms with van der Waals surface area (Å²) in [7, 11) is 1.47. The number of carboxylic acid groups (broad SMARTS) is 1. The number of nitriles is 1. The topological polar surface area (TPSA) is 101 Å². The van der Waals surface area contributed by atoms with Crippen LogP contribution >= 0.6 is 0 Å². The Balaban J connectivity index is 1.62. The lowest BCUT2D eigenvalue weighted by Crippen LogP contribution is -2.11. The quantitative estimate of drug-likeness (QED) is 0.305. The van der Waals surface area contributed by atoms with Crippen LogP contribution in [0.25, 0.3) is 5.70 Å². The van der Waals surface area contributed by atoms with E-state index in [4.69, 9.17) is 24.7 Å². The first kappa shape index (κ1) is 24.3. The zero-order valence-electron chi connectivity index (χ0n) is 18.4. The predicted octanol–water partition coefficient (Wildman–Crippen LogP) is 5.01. The minimum absolute atomic E-state index is 0.0420. The smallest absolute Gasteiger partial charge is 0.305 e. The summed E-state index contributed by atoms with van der Waals surface area (Å²) in [4.78, 5) is 15.8. The number of halogens is 1. The van der Waals surface area contributed by atoms with Crippen molar-refractivity contribution in [2.45, 2.75) is 18.9 Å². The van der Waals surface area contributed by atoms with Crippen LogP contribution < -0.4 is 15.0 Å². The number of carbonyl (C=O) groups is 1. The minimum Gasteiger partial charge on any atom is -0.489 e. The summed E-state index contributed by atoms with van der Waals surface area (Å²) >= 11 is 0. The Hall–Kier alpha value is -4.35. The van der Waals surface area contributed by atoms with Gasteiger partial charge < -0.3 is 14.6 Å². The maximum absolute atomic E-state index is 14.6. The highest BCUT2D eigenvalue weighted by molar-refractivity contribution is 5.68. The summed E-state index contributed by atoms with van der Waals surface area (Å²) in [6.07, 6.45) is 1.10. The molecule has 174 valence electrons. The van der Waals surface area contributed by atoms with Crippen molar-refractivity contribution in [3.05, 3.63) is 102 Å². The molecule has 0 radical (unpaired) electrons. The van der Waals surface area contributed by atoms with E-state index in [1.54, 1.807) is 30.3 Å². The Bertz CT molecular complexity index is 1170. The number of rotatable bonds is 11. The summed E-state index contributed by atoms with van der Waals surface area (Å²) in [6, 6.07) is 22.4. The standard InChI is InChI=1S/C26H23FN2O5/c1-32-29-24(20-5-3-2-4-6-20)17-34-25-12-7-18(13-23(25)27)16-33-22-10-8-19(9-11-22)21(15-28)14-26(30)31/h2-13,17,21,29H,14,16H2,1H3,(H,30,31). The molecule has 7 nitrogen and oxygen atoms in total. The van der Waals surface area contributed by atoms with E-state index >= 15 is 0 Å². The highest BCUT2D eigenvalue weighted by atomic mass is 19.1. The lowest BCUT2D eigenvalue weighted by Gasteiger charge is -2.11. The van der Waals surface area contributed by atoms with Gasteiger partial charge in [0, 0.05) is 5.56 Å². The molecule has 0 heterocycles. The fourth-order valence-corrected chi connectivity index (χ4v) is 3.11. The van der Waals surface area contributed by atoms with Crippen LogP contribution in [0.3, 0.4) is 0 Å². The number of nitrogens with one attached hydrogen (secondary N) is 1. The summed E-state index contributed by atoms with van der Waals surface area (Å²) in [5.41, 5.74) is 5.23. The molecule has 3 aromatic rings. The van der Waals surface area contributed by atoms with Crippen LogP contribution in [0, 0.1) is 17.1 Å². The van der Waals surface area contributed by atoms with Crippen LogP contribution in [0.1, 0.15) is 29.0 Å². The number of benzene rings is 3. The minimum atomic E-state index is -1.04. The van der Waals surface area contributed by atoms with Gasteiger partial charge in [0.25, 0.3) is 0 Å². The van der Waals surface area contributed by atoms with Crippen LogP contribution in [0.4, 0.5) is 4.39 Å². The van der Waals surface area contributed by atoms with E-state index in [1.807, 2.05) is 36.4 Å². The summed E-state index contributed by atoms with van der Waals surface area (Å²) in [6.45, 7) is 0.115. The van der Waals surface area contributed by atoms with Crippen molar-refractivity contribution in [2.24, 2.45) is 0 Å². The van der Waals surface area contributed by atoms with Gasteiger partial charge >= 0.3 is 5.97 Å². The number of ether oxygens (including phenoxy) is 2. The molecule has 0 saturated carbocycles. The van der Waals surface area contributed by atoms with Crippen molar-refractivity contribution < 1.29 is 28.6 Å². The molecule has 0 aliphatic rings. The summed E-state index contributed by atoms with van der Waals surface area (Å²) in [5.74, 6) is -1.77. The molecule has 0 spiro atoms. The Labute approximate surface area is 196 Å². The average molecular weight is 462 g/mol. The number of aliphatic carboxylic acids is 1. The number of hydroxylamine groups is 1. The lowest BCUT2D eigenvalue weighted by molar-refractivity contribution is -0.137. The molecule has 0 amide bonds. The Morgan fingerprint density at radius 3 is 2.50 bits per heavy atom. The first-order chi connectivity index (χ1) is 16.5. The zero-order valence-corrected chi connectivity index (χ0v) is 18.4. The van der Waals surface area contributed by atoms with Gasteiger partial charge in [0.2, 0.25) is 0 Å². The van der Waals surface area contributed by atoms with E-state index in [1.165, 1.54) is 25.5 Å². The van der Waals surface area contributed by atoms with E-state index in [0.29, 0.717) is 22.6 Å². The predicted molar refractivity (Wildman–Crippen MR) is 123 cm³/mol. The molecule has 1 unspecified atom stereocenters. The molecule has 0 bridgehead atoms. The van der Waals surface area contributed by atoms with E-state index in [2.05, 4.69) is 5.48 Å². The molecule has 0 aromatic heterocycles. The van der Waals surface area contributed by atoms with E-state index in [-0.39, 0.29) is 18.8 Å². The van der Waals surface area contributed by atoms with Crippen LogP contribution in [0.2, 0.25) is 0 Å². The molecular formula is C26H23FN2O5. The van der Waals surface area contributed by atoms with Crippen molar-refractivity contribution in [1.29, 1.82) is 5.26 Å².